The quantitative estimate of drug-likeness (QED) is 0.694. The molecule has 98 valence electrons. The monoisotopic (exact) mass is 241 g/mol. The maximum Gasteiger partial charge on any atom is 0.306 e. The van der Waals surface area contributed by atoms with E-state index in [1.54, 1.807) is 0 Å². The summed E-state index contributed by atoms with van der Waals surface area (Å²) < 4.78 is 10.5. The Hall–Kier alpha value is -1.06. The van der Waals surface area contributed by atoms with Gasteiger partial charge < -0.3 is 9.47 Å². The molecular weight excluding hydrogens is 218 g/mol. The van der Waals surface area contributed by atoms with E-state index in [1.165, 1.54) is 0 Å². The third-order valence-electron chi connectivity index (χ3n) is 3.18. The van der Waals surface area contributed by atoms with Crippen LogP contribution < -0.4 is 0 Å². The Labute approximate surface area is 103 Å². The molecule has 4 nitrogen and oxygen atoms in total. The van der Waals surface area contributed by atoms with E-state index in [2.05, 4.69) is 11.9 Å². The van der Waals surface area contributed by atoms with Gasteiger partial charge in [0, 0.05) is 19.4 Å². The smallest absolute Gasteiger partial charge is 0.306 e. The van der Waals surface area contributed by atoms with E-state index in [0.29, 0.717) is 31.5 Å². The molecular formula is C13H23NO3. The van der Waals surface area contributed by atoms with Crippen molar-refractivity contribution in [3.05, 3.63) is 0 Å². The van der Waals surface area contributed by atoms with Gasteiger partial charge in [0.2, 0.25) is 0 Å². The third-order valence-corrected chi connectivity index (χ3v) is 3.18. The largest absolute Gasteiger partial charge is 0.481 e. The Balaban J connectivity index is 2.55. The lowest BCUT2D eigenvalue weighted by atomic mass is 9.83. The molecule has 1 rings (SSSR count). The van der Waals surface area contributed by atoms with Gasteiger partial charge in [0.05, 0.1) is 13.2 Å². The van der Waals surface area contributed by atoms with Crippen molar-refractivity contribution in [3.8, 4) is 0 Å². The van der Waals surface area contributed by atoms with Crippen LogP contribution in [0.2, 0.25) is 0 Å². The van der Waals surface area contributed by atoms with Crippen molar-refractivity contribution >= 4 is 11.9 Å². The van der Waals surface area contributed by atoms with Gasteiger partial charge in [-0.15, -0.1) is 0 Å². The maximum absolute atomic E-state index is 11.5. The SMILES string of the molecule is CCOC(=O)C[C@H]1CC(OCC)=NC[C@@H]1CC. The highest BCUT2D eigenvalue weighted by Crippen LogP contribution is 2.28. The van der Waals surface area contributed by atoms with Crippen LogP contribution in [0.15, 0.2) is 4.99 Å². The number of ether oxygens (including phenoxy) is 2. The lowest BCUT2D eigenvalue weighted by Crippen LogP contribution is -2.29. The number of hydrogen-bond donors (Lipinski definition) is 0. The van der Waals surface area contributed by atoms with Gasteiger partial charge in [0.25, 0.3) is 0 Å². The molecule has 0 saturated heterocycles. The fourth-order valence-electron chi connectivity index (χ4n) is 2.23. The molecule has 0 unspecified atom stereocenters. The fourth-order valence-corrected chi connectivity index (χ4v) is 2.23. The van der Waals surface area contributed by atoms with Crippen molar-refractivity contribution in [2.75, 3.05) is 19.8 Å². The Morgan fingerprint density at radius 1 is 1.29 bits per heavy atom. The highest BCUT2D eigenvalue weighted by atomic mass is 16.5. The van der Waals surface area contributed by atoms with Crippen LogP contribution >= 0.6 is 0 Å². The van der Waals surface area contributed by atoms with Crippen LogP contribution in [0.5, 0.6) is 0 Å². The number of rotatable bonds is 5. The minimum absolute atomic E-state index is 0.103. The van der Waals surface area contributed by atoms with Gasteiger partial charge in [-0.3, -0.25) is 9.79 Å². The molecule has 1 aliphatic heterocycles. The van der Waals surface area contributed by atoms with Gasteiger partial charge in [-0.25, -0.2) is 0 Å². The van der Waals surface area contributed by atoms with E-state index in [-0.39, 0.29) is 5.97 Å². The zero-order valence-electron chi connectivity index (χ0n) is 11.1. The number of carbonyl (C=O) groups is 1. The highest BCUT2D eigenvalue weighted by Gasteiger charge is 2.28. The molecule has 0 fully saturated rings. The van der Waals surface area contributed by atoms with E-state index in [0.717, 1.165) is 25.3 Å². The molecule has 0 aromatic heterocycles. The van der Waals surface area contributed by atoms with Gasteiger partial charge in [0.15, 0.2) is 5.90 Å². The Bertz CT molecular complexity index is 276. The first-order valence-corrected chi connectivity index (χ1v) is 6.52. The number of nitrogens with zero attached hydrogens (tertiary/aromatic N) is 1. The number of carbonyl (C=O) groups excluding carboxylic acids is 1. The van der Waals surface area contributed by atoms with Crippen LogP contribution in [0.1, 0.15) is 40.0 Å². The van der Waals surface area contributed by atoms with E-state index in [4.69, 9.17) is 9.47 Å². The molecule has 0 radical (unpaired) electrons. The van der Waals surface area contributed by atoms with Crippen molar-refractivity contribution < 1.29 is 14.3 Å². The van der Waals surface area contributed by atoms with Gasteiger partial charge >= 0.3 is 5.97 Å². The molecule has 0 N–H and O–H groups in total. The second-order valence-electron chi connectivity index (χ2n) is 4.31. The van der Waals surface area contributed by atoms with Gasteiger partial charge in [-0.1, -0.05) is 13.3 Å². The van der Waals surface area contributed by atoms with Crippen LogP contribution in [0.25, 0.3) is 0 Å². The molecule has 0 saturated carbocycles. The summed E-state index contributed by atoms with van der Waals surface area (Å²) >= 11 is 0. The zero-order valence-corrected chi connectivity index (χ0v) is 11.1. The van der Waals surface area contributed by atoms with Crippen molar-refractivity contribution in [1.82, 2.24) is 0 Å². The summed E-state index contributed by atoms with van der Waals surface area (Å²) in [6.45, 7) is 7.80. The lowest BCUT2D eigenvalue weighted by Gasteiger charge is -2.28. The molecule has 17 heavy (non-hydrogen) atoms. The summed E-state index contributed by atoms with van der Waals surface area (Å²) in [6, 6.07) is 0. The summed E-state index contributed by atoms with van der Waals surface area (Å²) in [4.78, 5) is 16.0. The van der Waals surface area contributed by atoms with Crippen LogP contribution in [0.3, 0.4) is 0 Å². The van der Waals surface area contributed by atoms with E-state index < -0.39 is 0 Å². The van der Waals surface area contributed by atoms with E-state index in [1.807, 2.05) is 13.8 Å². The molecule has 0 spiro atoms. The first kappa shape index (κ1) is 14.0. The van der Waals surface area contributed by atoms with Crippen molar-refractivity contribution in [2.45, 2.75) is 40.0 Å². The fraction of sp³-hybridized carbons (Fsp3) is 0.846. The molecule has 1 aliphatic rings. The molecule has 0 amide bonds. The molecule has 0 aromatic rings. The summed E-state index contributed by atoms with van der Waals surface area (Å²) in [5.74, 6) is 1.49. The van der Waals surface area contributed by atoms with Crippen molar-refractivity contribution in [2.24, 2.45) is 16.8 Å². The standard InChI is InChI=1S/C13H23NO3/c1-4-10-9-14-12(16-5-2)7-11(10)8-13(15)17-6-3/h10-11H,4-9H2,1-3H3/t10-,11+/m0/s1. The lowest BCUT2D eigenvalue weighted by molar-refractivity contribution is -0.144. The number of hydrogen-bond acceptors (Lipinski definition) is 4. The molecule has 0 bridgehead atoms. The van der Waals surface area contributed by atoms with Crippen LogP contribution in [0, 0.1) is 11.8 Å². The third kappa shape index (κ3) is 4.36. The van der Waals surface area contributed by atoms with Gasteiger partial charge in [-0.05, 0) is 25.7 Å². The van der Waals surface area contributed by atoms with E-state index >= 15 is 0 Å². The Morgan fingerprint density at radius 2 is 2.06 bits per heavy atom. The number of aliphatic imine (C=N–C) groups is 1. The maximum atomic E-state index is 11.5. The molecule has 0 aliphatic carbocycles. The van der Waals surface area contributed by atoms with E-state index in [9.17, 15) is 4.79 Å². The second kappa shape index (κ2) is 7.30. The summed E-state index contributed by atoms with van der Waals surface area (Å²) in [5, 5.41) is 0. The second-order valence-corrected chi connectivity index (χ2v) is 4.31. The van der Waals surface area contributed by atoms with Crippen LogP contribution in [-0.4, -0.2) is 31.6 Å². The summed E-state index contributed by atoms with van der Waals surface area (Å²) in [7, 11) is 0. The minimum atomic E-state index is -0.103. The normalized spacial score (nSPS) is 24.1. The summed E-state index contributed by atoms with van der Waals surface area (Å²) in [5.41, 5.74) is 0. The minimum Gasteiger partial charge on any atom is -0.481 e. The van der Waals surface area contributed by atoms with Crippen molar-refractivity contribution in [1.29, 1.82) is 0 Å². The molecule has 4 heteroatoms. The molecule has 0 aromatic carbocycles. The molecule has 1 heterocycles. The first-order chi connectivity index (χ1) is 8.21. The average molecular weight is 241 g/mol. The number of esters is 1. The van der Waals surface area contributed by atoms with Gasteiger partial charge in [-0.2, -0.15) is 0 Å². The predicted molar refractivity (Wildman–Crippen MR) is 67.1 cm³/mol. The Kier molecular flexibility index (Phi) is 6.01. The van der Waals surface area contributed by atoms with Crippen LogP contribution in [-0.2, 0) is 14.3 Å². The van der Waals surface area contributed by atoms with Crippen LogP contribution in [0.4, 0.5) is 0 Å². The Morgan fingerprint density at radius 3 is 2.65 bits per heavy atom. The highest BCUT2D eigenvalue weighted by molar-refractivity contribution is 5.78. The van der Waals surface area contributed by atoms with Crippen molar-refractivity contribution in [3.63, 3.8) is 0 Å². The first-order valence-electron chi connectivity index (χ1n) is 6.52. The van der Waals surface area contributed by atoms with Gasteiger partial charge in [0.1, 0.15) is 0 Å². The summed E-state index contributed by atoms with van der Waals surface area (Å²) in [6.07, 6.45) is 2.30. The average Bonchev–Trinajstić information content (AvgIpc) is 2.30. The topological polar surface area (TPSA) is 47.9 Å². The zero-order chi connectivity index (χ0) is 12.7. The molecule has 2 atom stereocenters. The predicted octanol–water partition coefficient (Wildman–Crippen LogP) is 2.42.